The van der Waals surface area contributed by atoms with Crippen molar-refractivity contribution in [2.45, 2.75) is 36.2 Å². The second kappa shape index (κ2) is 8.44. The summed E-state index contributed by atoms with van der Waals surface area (Å²) in [7, 11) is 0. The Labute approximate surface area is 149 Å². The number of carbonyl (C=O) groups is 2. The van der Waals surface area contributed by atoms with Crippen molar-refractivity contribution in [3.63, 3.8) is 0 Å². The molecule has 1 heterocycles. The lowest BCUT2D eigenvalue weighted by molar-refractivity contribution is -0.148. The van der Waals surface area contributed by atoms with Crippen molar-refractivity contribution in [1.82, 2.24) is 4.90 Å². The van der Waals surface area contributed by atoms with Gasteiger partial charge >= 0.3 is 12.1 Å². The lowest BCUT2D eigenvalue weighted by Crippen LogP contribution is -2.41. The topological polar surface area (TPSA) is 79.6 Å². The van der Waals surface area contributed by atoms with E-state index in [2.05, 4.69) is 0 Å². The van der Waals surface area contributed by atoms with E-state index in [0.29, 0.717) is 0 Å². The molecule has 0 unspecified atom stereocenters. The summed E-state index contributed by atoms with van der Waals surface area (Å²) in [5, 5.41) is 9.17. The number of ether oxygens (including phenoxy) is 2. The summed E-state index contributed by atoms with van der Waals surface area (Å²) in [4.78, 5) is 25.0. The van der Waals surface area contributed by atoms with Crippen LogP contribution in [-0.2, 0) is 14.3 Å². The molecule has 1 amide bonds. The normalized spacial score (nSPS) is 17.5. The molecule has 1 rings (SSSR count). The van der Waals surface area contributed by atoms with Crippen LogP contribution in [0.4, 0.5) is 4.79 Å². The third kappa shape index (κ3) is 6.69. The number of esters is 1. The number of halogens is 3. The third-order valence-corrected chi connectivity index (χ3v) is 2.97. The number of carbonyl (C=O) groups excluding carboxylic acids is 2. The van der Waals surface area contributed by atoms with Crippen LogP contribution in [-0.4, -0.2) is 39.5 Å². The fourth-order valence-electron chi connectivity index (χ4n) is 1.80. The molecule has 1 aliphatic heterocycles. The van der Waals surface area contributed by atoms with Crippen molar-refractivity contribution >= 4 is 46.9 Å². The second-order valence-corrected chi connectivity index (χ2v) is 7.43. The van der Waals surface area contributed by atoms with Crippen LogP contribution in [0.1, 0.15) is 20.3 Å². The number of alkyl halides is 3. The van der Waals surface area contributed by atoms with Crippen LogP contribution >= 0.6 is 34.8 Å². The van der Waals surface area contributed by atoms with Gasteiger partial charge in [-0.05, 0) is 26.0 Å². The zero-order chi connectivity index (χ0) is 17.6. The molecule has 1 atom stereocenters. The van der Waals surface area contributed by atoms with E-state index in [1.807, 2.05) is 6.07 Å². The third-order valence-electron chi connectivity index (χ3n) is 2.64. The molecule has 126 valence electrons. The monoisotopic (exact) mass is 380 g/mol. The average Bonchev–Trinajstić information content (AvgIpc) is 2.43. The average molecular weight is 382 g/mol. The Hall–Kier alpha value is -1.42. The van der Waals surface area contributed by atoms with Gasteiger partial charge in [0.15, 0.2) is 0 Å². The molecule has 0 spiro atoms. The van der Waals surface area contributed by atoms with Crippen molar-refractivity contribution in [2.24, 2.45) is 0 Å². The van der Waals surface area contributed by atoms with Crippen molar-refractivity contribution in [1.29, 1.82) is 5.26 Å². The molecule has 0 saturated heterocycles. The van der Waals surface area contributed by atoms with E-state index < -0.39 is 28.5 Å². The summed E-state index contributed by atoms with van der Waals surface area (Å²) in [6.45, 7) is 2.94. The van der Waals surface area contributed by atoms with Crippen LogP contribution in [0.5, 0.6) is 0 Å². The Bertz CT molecular complexity index is 561. The first kappa shape index (κ1) is 19.6. The van der Waals surface area contributed by atoms with Gasteiger partial charge in [-0.3, -0.25) is 9.69 Å². The van der Waals surface area contributed by atoms with Crippen molar-refractivity contribution < 1.29 is 19.1 Å². The van der Waals surface area contributed by atoms with Gasteiger partial charge in [0.25, 0.3) is 0 Å². The van der Waals surface area contributed by atoms with Gasteiger partial charge in [-0.15, -0.1) is 0 Å². The first-order valence-corrected chi connectivity index (χ1v) is 7.77. The quantitative estimate of drug-likeness (QED) is 0.550. The number of amides is 1. The predicted octanol–water partition coefficient (Wildman–Crippen LogP) is 3.48. The zero-order valence-electron chi connectivity index (χ0n) is 12.5. The molecule has 0 radical (unpaired) electrons. The van der Waals surface area contributed by atoms with E-state index in [1.54, 1.807) is 13.8 Å². The van der Waals surface area contributed by atoms with E-state index in [0.717, 1.165) is 4.90 Å². The van der Waals surface area contributed by atoms with E-state index in [1.165, 1.54) is 18.4 Å². The van der Waals surface area contributed by atoms with Crippen molar-refractivity contribution in [3.8, 4) is 6.07 Å². The first-order valence-electron chi connectivity index (χ1n) is 6.64. The van der Waals surface area contributed by atoms with Gasteiger partial charge in [0, 0.05) is 6.20 Å². The minimum atomic E-state index is -1.75. The molecule has 1 aliphatic rings. The molecule has 0 N–H and O–H groups in total. The number of hydrogen-bond acceptors (Lipinski definition) is 5. The highest BCUT2D eigenvalue weighted by atomic mass is 35.6. The Morgan fingerprint density at radius 2 is 2.09 bits per heavy atom. The SMILES string of the molecule is CC(C)OC(=O)C[C@@H]1C(C#N)=CC=CN1C(=O)OCC(Cl)(Cl)Cl. The van der Waals surface area contributed by atoms with Gasteiger partial charge in [0.2, 0.25) is 3.79 Å². The predicted molar refractivity (Wildman–Crippen MR) is 85.9 cm³/mol. The van der Waals surface area contributed by atoms with Crippen LogP contribution in [0.25, 0.3) is 0 Å². The highest BCUT2D eigenvalue weighted by molar-refractivity contribution is 6.67. The molecule has 23 heavy (non-hydrogen) atoms. The van der Waals surface area contributed by atoms with Crippen molar-refractivity contribution in [3.05, 3.63) is 23.9 Å². The van der Waals surface area contributed by atoms with Crippen LogP contribution < -0.4 is 0 Å². The van der Waals surface area contributed by atoms with Crippen molar-refractivity contribution in [2.75, 3.05) is 6.61 Å². The summed E-state index contributed by atoms with van der Waals surface area (Å²) in [6.07, 6.45) is 3.04. The Morgan fingerprint density at radius 1 is 1.43 bits per heavy atom. The zero-order valence-corrected chi connectivity index (χ0v) is 14.7. The van der Waals surface area contributed by atoms with Gasteiger partial charge in [-0.1, -0.05) is 34.8 Å². The minimum absolute atomic E-state index is 0.190. The lowest BCUT2D eigenvalue weighted by atomic mass is 10.0. The summed E-state index contributed by atoms with van der Waals surface area (Å²) < 4.78 is 8.17. The molecule has 0 aliphatic carbocycles. The fraction of sp³-hybridized carbons (Fsp3) is 0.500. The lowest BCUT2D eigenvalue weighted by Gasteiger charge is -2.29. The molecule has 0 saturated carbocycles. The number of rotatable bonds is 4. The number of nitriles is 1. The highest BCUT2D eigenvalue weighted by Crippen LogP contribution is 2.27. The maximum atomic E-state index is 12.1. The van der Waals surface area contributed by atoms with Gasteiger partial charge in [0.1, 0.15) is 6.61 Å². The summed E-state index contributed by atoms with van der Waals surface area (Å²) in [5.74, 6) is -0.541. The van der Waals surface area contributed by atoms with Crippen LogP contribution in [0, 0.1) is 11.3 Å². The van der Waals surface area contributed by atoms with E-state index in [4.69, 9.17) is 49.5 Å². The smallest absolute Gasteiger partial charge is 0.414 e. The van der Waals surface area contributed by atoms with Gasteiger partial charge < -0.3 is 9.47 Å². The van der Waals surface area contributed by atoms with E-state index >= 15 is 0 Å². The molecule has 9 heteroatoms. The number of nitrogens with zero attached hydrogens (tertiary/aromatic N) is 2. The maximum Gasteiger partial charge on any atom is 0.414 e. The maximum absolute atomic E-state index is 12.1. The van der Waals surface area contributed by atoms with Crippen LogP contribution in [0.15, 0.2) is 23.9 Å². The van der Waals surface area contributed by atoms with Gasteiger partial charge in [-0.2, -0.15) is 5.26 Å². The molecular formula is C14H15Cl3N2O4. The number of hydrogen-bond donors (Lipinski definition) is 0. The molecule has 0 aromatic carbocycles. The molecule has 0 aromatic heterocycles. The largest absolute Gasteiger partial charge is 0.463 e. The summed E-state index contributed by atoms with van der Waals surface area (Å²) >= 11 is 16.6. The van der Waals surface area contributed by atoms with Crippen LogP contribution in [0.2, 0.25) is 0 Å². The van der Waals surface area contributed by atoms with E-state index in [-0.39, 0.29) is 18.1 Å². The Kier molecular flexibility index (Phi) is 7.20. The second-order valence-electron chi connectivity index (χ2n) is 4.91. The highest BCUT2D eigenvalue weighted by Gasteiger charge is 2.32. The summed E-state index contributed by atoms with van der Waals surface area (Å²) in [6, 6.07) is 1.11. The van der Waals surface area contributed by atoms with E-state index in [9.17, 15) is 9.59 Å². The fourth-order valence-corrected chi connectivity index (χ4v) is 1.96. The molecule has 0 aromatic rings. The number of allylic oxidation sites excluding steroid dienone is 2. The minimum Gasteiger partial charge on any atom is -0.463 e. The van der Waals surface area contributed by atoms with Gasteiger partial charge in [0.05, 0.1) is 30.2 Å². The summed E-state index contributed by atoms with van der Waals surface area (Å²) in [5.41, 5.74) is 0.221. The Balaban J connectivity index is 2.85. The molecular weight excluding hydrogens is 367 g/mol. The first-order chi connectivity index (χ1) is 10.6. The van der Waals surface area contributed by atoms with Crippen LogP contribution in [0.3, 0.4) is 0 Å². The molecule has 0 bridgehead atoms. The standard InChI is InChI=1S/C14H15Cl3N2O4/c1-9(2)23-12(20)6-11-10(7-18)4-3-5-19(11)13(21)22-8-14(15,16)17/h3-5,9,11H,6,8H2,1-2H3/t11-/m1/s1. The molecule has 0 fully saturated rings. The molecule has 6 nitrogen and oxygen atoms in total. The Morgan fingerprint density at radius 3 is 2.61 bits per heavy atom. The van der Waals surface area contributed by atoms with Gasteiger partial charge in [-0.25, -0.2) is 4.79 Å².